The van der Waals surface area contributed by atoms with Crippen molar-refractivity contribution >= 4 is 17.7 Å². The SMILES string of the molecule is CN(C(=O)Nc1cc(F)ccc1F)C1COCC1C(=O)O. The maximum Gasteiger partial charge on any atom is 0.322 e. The van der Waals surface area contributed by atoms with Gasteiger partial charge in [-0.2, -0.15) is 0 Å². The van der Waals surface area contributed by atoms with Gasteiger partial charge in [-0.25, -0.2) is 13.6 Å². The van der Waals surface area contributed by atoms with E-state index in [0.717, 1.165) is 23.1 Å². The molecule has 6 nitrogen and oxygen atoms in total. The first-order valence-corrected chi connectivity index (χ1v) is 6.19. The molecule has 2 atom stereocenters. The fourth-order valence-electron chi connectivity index (χ4n) is 2.11. The minimum absolute atomic E-state index is 0.00590. The summed E-state index contributed by atoms with van der Waals surface area (Å²) in [5.41, 5.74) is -0.308. The number of carboxylic acids is 1. The number of carboxylic acid groups (broad SMARTS) is 1. The average molecular weight is 300 g/mol. The van der Waals surface area contributed by atoms with Crippen molar-refractivity contribution in [3.8, 4) is 0 Å². The summed E-state index contributed by atoms with van der Waals surface area (Å²) in [6.07, 6.45) is 0. The fourth-order valence-corrected chi connectivity index (χ4v) is 2.11. The molecule has 1 saturated heterocycles. The number of rotatable bonds is 3. The average Bonchev–Trinajstić information content (AvgIpc) is 2.91. The highest BCUT2D eigenvalue weighted by atomic mass is 19.1. The number of anilines is 1. The number of benzene rings is 1. The van der Waals surface area contributed by atoms with Gasteiger partial charge in [-0.05, 0) is 12.1 Å². The van der Waals surface area contributed by atoms with Gasteiger partial charge in [0.15, 0.2) is 0 Å². The van der Waals surface area contributed by atoms with E-state index in [1.165, 1.54) is 7.05 Å². The maximum atomic E-state index is 13.5. The number of amides is 2. The summed E-state index contributed by atoms with van der Waals surface area (Å²) >= 11 is 0. The number of aliphatic carboxylic acids is 1. The summed E-state index contributed by atoms with van der Waals surface area (Å²) in [4.78, 5) is 24.2. The zero-order valence-corrected chi connectivity index (χ0v) is 11.2. The standard InChI is InChI=1S/C13H14F2N2O4/c1-17(11-6-21-5-8(11)12(18)19)13(20)16-10-4-7(14)2-3-9(10)15/h2-4,8,11H,5-6H2,1H3,(H,16,20)(H,18,19). The smallest absolute Gasteiger partial charge is 0.322 e. The number of carbonyl (C=O) groups excluding carboxylic acids is 1. The van der Waals surface area contributed by atoms with Gasteiger partial charge in [0.05, 0.1) is 24.9 Å². The van der Waals surface area contributed by atoms with E-state index in [-0.39, 0.29) is 18.9 Å². The van der Waals surface area contributed by atoms with Crippen LogP contribution in [0.3, 0.4) is 0 Å². The van der Waals surface area contributed by atoms with Gasteiger partial charge >= 0.3 is 12.0 Å². The third-order valence-electron chi connectivity index (χ3n) is 3.36. The Balaban J connectivity index is 2.09. The van der Waals surface area contributed by atoms with E-state index in [2.05, 4.69) is 5.32 Å². The van der Waals surface area contributed by atoms with Crippen LogP contribution in [0.25, 0.3) is 0 Å². The van der Waals surface area contributed by atoms with Crippen LogP contribution in [-0.4, -0.2) is 48.3 Å². The molecule has 8 heteroatoms. The summed E-state index contributed by atoms with van der Waals surface area (Å²) in [6.45, 7) is 0.0818. The van der Waals surface area contributed by atoms with Gasteiger partial charge in [0.25, 0.3) is 0 Å². The Morgan fingerprint density at radius 1 is 1.38 bits per heavy atom. The molecule has 114 valence electrons. The van der Waals surface area contributed by atoms with Crippen molar-refractivity contribution in [2.24, 2.45) is 5.92 Å². The van der Waals surface area contributed by atoms with Gasteiger partial charge in [-0.3, -0.25) is 4.79 Å². The van der Waals surface area contributed by atoms with Crippen LogP contribution in [0.4, 0.5) is 19.3 Å². The molecular weight excluding hydrogens is 286 g/mol. The Kier molecular flexibility index (Phi) is 4.37. The van der Waals surface area contributed by atoms with Gasteiger partial charge in [0, 0.05) is 13.1 Å². The molecule has 0 aromatic heterocycles. The van der Waals surface area contributed by atoms with Crippen molar-refractivity contribution in [3.05, 3.63) is 29.8 Å². The molecule has 0 aliphatic carbocycles. The highest BCUT2D eigenvalue weighted by molar-refractivity contribution is 5.90. The van der Waals surface area contributed by atoms with E-state index in [1.807, 2.05) is 0 Å². The lowest BCUT2D eigenvalue weighted by atomic mass is 10.0. The second kappa shape index (κ2) is 6.04. The molecule has 21 heavy (non-hydrogen) atoms. The number of hydrogen-bond donors (Lipinski definition) is 2. The first-order valence-electron chi connectivity index (χ1n) is 6.19. The molecule has 1 aliphatic rings. The molecule has 0 spiro atoms. The number of urea groups is 1. The summed E-state index contributed by atoms with van der Waals surface area (Å²) in [7, 11) is 1.38. The number of carbonyl (C=O) groups is 2. The third kappa shape index (κ3) is 3.27. The van der Waals surface area contributed by atoms with Crippen molar-refractivity contribution < 1.29 is 28.2 Å². The Morgan fingerprint density at radius 3 is 2.76 bits per heavy atom. The minimum Gasteiger partial charge on any atom is -0.481 e. The Morgan fingerprint density at radius 2 is 2.10 bits per heavy atom. The highest BCUT2D eigenvalue weighted by Gasteiger charge is 2.38. The number of nitrogens with one attached hydrogen (secondary N) is 1. The van der Waals surface area contributed by atoms with Gasteiger partial charge in [-0.15, -0.1) is 0 Å². The molecular formula is C13H14F2N2O4. The molecule has 0 bridgehead atoms. The lowest BCUT2D eigenvalue weighted by molar-refractivity contribution is -0.142. The van der Waals surface area contributed by atoms with Crippen LogP contribution in [-0.2, 0) is 9.53 Å². The van der Waals surface area contributed by atoms with Gasteiger partial charge in [0.2, 0.25) is 0 Å². The minimum atomic E-state index is -1.07. The predicted octanol–water partition coefficient (Wildman–Crippen LogP) is 1.53. The van der Waals surface area contributed by atoms with E-state index in [4.69, 9.17) is 9.84 Å². The molecule has 0 radical (unpaired) electrons. The van der Waals surface area contributed by atoms with Crippen LogP contribution in [0.5, 0.6) is 0 Å². The predicted molar refractivity (Wildman–Crippen MR) is 68.9 cm³/mol. The van der Waals surface area contributed by atoms with E-state index >= 15 is 0 Å². The quantitative estimate of drug-likeness (QED) is 0.887. The lowest BCUT2D eigenvalue weighted by Crippen LogP contribution is -2.46. The molecule has 1 fully saturated rings. The summed E-state index contributed by atoms with van der Waals surface area (Å²) in [5, 5.41) is 11.2. The second-order valence-corrected chi connectivity index (χ2v) is 4.71. The van der Waals surface area contributed by atoms with Crippen molar-refractivity contribution in [2.75, 3.05) is 25.6 Å². The van der Waals surface area contributed by atoms with Crippen molar-refractivity contribution in [2.45, 2.75) is 6.04 Å². The topological polar surface area (TPSA) is 78.9 Å². The van der Waals surface area contributed by atoms with Crippen LogP contribution in [0.1, 0.15) is 0 Å². The molecule has 1 heterocycles. The normalized spacial score (nSPS) is 21.1. The second-order valence-electron chi connectivity index (χ2n) is 4.71. The first kappa shape index (κ1) is 15.2. The van der Waals surface area contributed by atoms with Gasteiger partial charge in [-0.1, -0.05) is 0 Å². The van der Waals surface area contributed by atoms with Crippen molar-refractivity contribution in [1.29, 1.82) is 0 Å². The van der Waals surface area contributed by atoms with Crippen molar-refractivity contribution in [3.63, 3.8) is 0 Å². The largest absolute Gasteiger partial charge is 0.481 e. The van der Waals surface area contributed by atoms with Crippen LogP contribution in [0, 0.1) is 17.6 Å². The molecule has 2 amide bonds. The third-order valence-corrected chi connectivity index (χ3v) is 3.36. The summed E-state index contributed by atoms with van der Waals surface area (Å²) < 4.78 is 31.6. The molecule has 1 aromatic carbocycles. The Hall–Kier alpha value is -2.22. The maximum absolute atomic E-state index is 13.5. The monoisotopic (exact) mass is 300 g/mol. The number of ether oxygens (including phenoxy) is 1. The van der Waals surface area contributed by atoms with Gasteiger partial charge < -0.3 is 20.1 Å². The molecule has 2 unspecified atom stereocenters. The molecule has 0 saturated carbocycles. The Labute approximate surface area is 119 Å². The van der Waals surface area contributed by atoms with Crippen LogP contribution >= 0.6 is 0 Å². The van der Waals surface area contributed by atoms with E-state index < -0.39 is 35.6 Å². The molecule has 1 aromatic rings. The number of nitrogens with zero attached hydrogens (tertiary/aromatic N) is 1. The van der Waals surface area contributed by atoms with Crippen molar-refractivity contribution in [1.82, 2.24) is 4.90 Å². The van der Waals surface area contributed by atoms with E-state index in [9.17, 15) is 18.4 Å². The number of halogens is 2. The molecule has 2 N–H and O–H groups in total. The number of hydrogen-bond acceptors (Lipinski definition) is 3. The van der Waals surface area contributed by atoms with Gasteiger partial charge in [0.1, 0.15) is 17.6 Å². The summed E-state index contributed by atoms with van der Waals surface area (Å²) in [6, 6.07) is 1.27. The molecule has 1 aliphatic heterocycles. The zero-order chi connectivity index (χ0) is 15.6. The lowest BCUT2D eigenvalue weighted by Gasteiger charge is -2.26. The number of likely N-dealkylation sites (N-methyl/N-ethyl adjacent to an activating group) is 1. The van der Waals surface area contributed by atoms with E-state index in [0.29, 0.717) is 0 Å². The van der Waals surface area contributed by atoms with Crippen LogP contribution in [0.2, 0.25) is 0 Å². The highest BCUT2D eigenvalue weighted by Crippen LogP contribution is 2.21. The Bertz CT molecular complexity index is 567. The molecule has 2 rings (SSSR count). The van der Waals surface area contributed by atoms with Crippen LogP contribution in [0.15, 0.2) is 18.2 Å². The van der Waals surface area contributed by atoms with E-state index in [1.54, 1.807) is 0 Å². The summed E-state index contributed by atoms with van der Waals surface area (Å²) in [5.74, 6) is -3.40. The first-order chi connectivity index (χ1) is 9.90. The fraction of sp³-hybridized carbons (Fsp3) is 0.385. The van der Waals surface area contributed by atoms with Crippen LogP contribution < -0.4 is 5.32 Å². The zero-order valence-electron chi connectivity index (χ0n) is 11.2.